The molecule has 3 N–H and O–H groups in total. The smallest absolute Gasteiger partial charge is 0.277 e. The van der Waals surface area contributed by atoms with Crippen LogP contribution in [0.4, 0.5) is 0 Å². The molecule has 0 aliphatic heterocycles. The van der Waals surface area contributed by atoms with Gasteiger partial charge in [0.15, 0.2) is 0 Å². The van der Waals surface area contributed by atoms with Gasteiger partial charge in [0, 0.05) is 12.6 Å². The zero-order valence-corrected chi connectivity index (χ0v) is 10.2. The Morgan fingerprint density at radius 1 is 1.12 bits per heavy atom. The van der Waals surface area contributed by atoms with E-state index in [1.165, 1.54) is 0 Å². The minimum absolute atomic E-state index is 0.0736. The van der Waals surface area contributed by atoms with E-state index < -0.39 is 10.2 Å². The zero-order valence-electron chi connectivity index (χ0n) is 9.35. The SMILES string of the molecule is O=S(=O)(NCC1CCCCC1O)NC1CC1. The molecule has 0 saturated heterocycles. The molecule has 0 spiro atoms. The fourth-order valence-corrected chi connectivity index (χ4v) is 3.30. The highest BCUT2D eigenvalue weighted by atomic mass is 32.2. The minimum atomic E-state index is -3.35. The number of rotatable bonds is 5. The number of aliphatic hydroxyl groups is 1. The van der Waals surface area contributed by atoms with Crippen molar-refractivity contribution >= 4 is 10.2 Å². The first-order valence-electron chi connectivity index (χ1n) is 6.02. The summed E-state index contributed by atoms with van der Waals surface area (Å²) in [6, 6.07) is 0.133. The average Bonchev–Trinajstić information content (AvgIpc) is 3.00. The monoisotopic (exact) mass is 248 g/mol. The van der Waals surface area contributed by atoms with E-state index in [0.29, 0.717) is 6.54 Å². The summed E-state index contributed by atoms with van der Waals surface area (Å²) in [6.45, 7) is 0.350. The van der Waals surface area contributed by atoms with Crippen molar-refractivity contribution in [1.29, 1.82) is 0 Å². The second-order valence-corrected chi connectivity index (χ2v) is 6.39. The van der Waals surface area contributed by atoms with E-state index in [4.69, 9.17) is 0 Å². The van der Waals surface area contributed by atoms with Crippen LogP contribution in [-0.2, 0) is 10.2 Å². The molecule has 0 amide bonds. The third-order valence-electron chi connectivity index (χ3n) is 3.30. The van der Waals surface area contributed by atoms with E-state index in [9.17, 15) is 13.5 Å². The van der Waals surface area contributed by atoms with Gasteiger partial charge in [-0.1, -0.05) is 12.8 Å². The van der Waals surface area contributed by atoms with Crippen LogP contribution in [0.2, 0.25) is 0 Å². The Morgan fingerprint density at radius 3 is 2.44 bits per heavy atom. The summed E-state index contributed by atoms with van der Waals surface area (Å²) >= 11 is 0. The van der Waals surface area contributed by atoms with Crippen LogP contribution >= 0.6 is 0 Å². The molecule has 2 fully saturated rings. The third kappa shape index (κ3) is 3.69. The fraction of sp³-hybridized carbons (Fsp3) is 1.00. The minimum Gasteiger partial charge on any atom is -0.393 e. The molecule has 0 bridgehead atoms. The van der Waals surface area contributed by atoms with Crippen LogP contribution < -0.4 is 9.44 Å². The molecule has 0 heterocycles. The van der Waals surface area contributed by atoms with Gasteiger partial charge in [-0.2, -0.15) is 13.1 Å². The van der Waals surface area contributed by atoms with Gasteiger partial charge in [-0.15, -0.1) is 0 Å². The predicted octanol–water partition coefficient (Wildman–Crippen LogP) is 0.124. The van der Waals surface area contributed by atoms with E-state index in [1.54, 1.807) is 0 Å². The molecule has 6 heteroatoms. The van der Waals surface area contributed by atoms with Crippen molar-refractivity contribution in [2.75, 3.05) is 6.54 Å². The second kappa shape index (κ2) is 5.00. The lowest BCUT2D eigenvalue weighted by Gasteiger charge is -2.27. The van der Waals surface area contributed by atoms with Crippen LogP contribution in [0.1, 0.15) is 38.5 Å². The maximum Gasteiger partial charge on any atom is 0.277 e. The molecule has 0 aromatic rings. The van der Waals surface area contributed by atoms with Crippen molar-refractivity contribution in [2.45, 2.75) is 50.7 Å². The lowest BCUT2D eigenvalue weighted by atomic mass is 9.87. The van der Waals surface area contributed by atoms with Gasteiger partial charge in [0.25, 0.3) is 10.2 Å². The summed E-state index contributed by atoms with van der Waals surface area (Å²) in [6.07, 6.45) is 5.36. The highest BCUT2D eigenvalue weighted by Crippen LogP contribution is 2.24. The molecular formula is C10H20N2O3S. The first-order chi connectivity index (χ1) is 7.57. The molecule has 2 rings (SSSR count). The maximum atomic E-state index is 11.5. The molecule has 94 valence electrons. The molecule has 0 aromatic heterocycles. The van der Waals surface area contributed by atoms with Gasteiger partial charge < -0.3 is 5.11 Å². The van der Waals surface area contributed by atoms with Crippen molar-refractivity contribution in [3.05, 3.63) is 0 Å². The first kappa shape index (κ1) is 12.3. The quantitative estimate of drug-likeness (QED) is 0.647. The molecule has 2 saturated carbocycles. The highest BCUT2D eigenvalue weighted by Gasteiger charge is 2.28. The molecule has 5 nitrogen and oxygen atoms in total. The Labute approximate surface area is 96.8 Å². The van der Waals surface area contributed by atoms with Gasteiger partial charge >= 0.3 is 0 Å². The van der Waals surface area contributed by atoms with Crippen molar-refractivity contribution in [3.63, 3.8) is 0 Å². The topological polar surface area (TPSA) is 78.4 Å². The Balaban J connectivity index is 1.76. The summed E-state index contributed by atoms with van der Waals surface area (Å²) in [5.41, 5.74) is 0. The summed E-state index contributed by atoms with van der Waals surface area (Å²) in [5.74, 6) is 0.0736. The van der Waals surface area contributed by atoms with Crippen molar-refractivity contribution in [3.8, 4) is 0 Å². The standard InChI is InChI=1S/C10H20N2O3S/c13-10-4-2-1-3-8(10)7-11-16(14,15)12-9-5-6-9/h8-13H,1-7H2. The molecule has 2 aliphatic carbocycles. The Hall–Kier alpha value is -0.170. The molecule has 2 atom stereocenters. The van der Waals surface area contributed by atoms with Crippen molar-refractivity contribution < 1.29 is 13.5 Å². The molecule has 0 radical (unpaired) electrons. The van der Waals surface area contributed by atoms with Gasteiger partial charge in [0.05, 0.1) is 6.10 Å². The van der Waals surface area contributed by atoms with Crippen LogP contribution in [0.15, 0.2) is 0 Å². The van der Waals surface area contributed by atoms with Gasteiger partial charge in [-0.25, -0.2) is 4.72 Å². The third-order valence-corrected chi connectivity index (χ3v) is 4.49. The largest absolute Gasteiger partial charge is 0.393 e. The first-order valence-corrected chi connectivity index (χ1v) is 7.50. The molecular weight excluding hydrogens is 228 g/mol. The number of hydrogen-bond acceptors (Lipinski definition) is 3. The molecule has 16 heavy (non-hydrogen) atoms. The van der Waals surface area contributed by atoms with Crippen LogP contribution in [0.25, 0.3) is 0 Å². The molecule has 2 aliphatic rings. The Bertz CT molecular complexity index is 327. The van der Waals surface area contributed by atoms with E-state index in [2.05, 4.69) is 9.44 Å². The number of nitrogens with one attached hydrogen (secondary N) is 2. The fourth-order valence-electron chi connectivity index (χ4n) is 2.11. The molecule has 0 aromatic carbocycles. The lowest BCUT2D eigenvalue weighted by Crippen LogP contribution is -2.42. The van der Waals surface area contributed by atoms with Crippen molar-refractivity contribution in [1.82, 2.24) is 9.44 Å². The predicted molar refractivity (Wildman–Crippen MR) is 61.0 cm³/mol. The normalized spacial score (nSPS) is 31.6. The van der Waals surface area contributed by atoms with Crippen LogP contribution in [0.5, 0.6) is 0 Å². The zero-order chi connectivity index (χ0) is 11.6. The summed E-state index contributed by atoms with van der Waals surface area (Å²) < 4.78 is 28.1. The van der Waals surface area contributed by atoms with Gasteiger partial charge in [-0.05, 0) is 31.6 Å². The van der Waals surface area contributed by atoms with Crippen LogP contribution in [0.3, 0.4) is 0 Å². The molecule has 2 unspecified atom stereocenters. The average molecular weight is 248 g/mol. The van der Waals surface area contributed by atoms with Gasteiger partial charge in [0.2, 0.25) is 0 Å². The van der Waals surface area contributed by atoms with E-state index in [-0.39, 0.29) is 18.1 Å². The van der Waals surface area contributed by atoms with E-state index in [0.717, 1.165) is 38.5 Å². The van der Waals surface area contributed by atoms with Gasteiger partial charge in [0.1, 0.15) is 0 Å². The van der Waals surface area contributed by atoms with E-state index in [1.807, 2.05) is 0 Å². The summed E-state index contributed by atoms with van der Waals surface area (Å²) in [4.78, 5) is 0. The summed E-state index contributed by atoms with van der Waals surface area (Å²) in [7, 11) is -3.35. The highest BCUT2D eigenvalue weighted by molar-refractivity contribution is 7.87. The number of hydrogen-bond donors (Lipinski definition) is 3. The Kier molecular flexibility index (Phi) is 3.84. The second-order valence-electron chi connectivity index (χ2n) is 4.86. The van der Waals surface area contributed by atoms with E-state index >= 15 is 0 Å². The lowest BCUT2D eigenvalue weighted by molar-refractivity contribution is 0.0724. The van der Waals surface area contributed by atoms with Crippen molar-refractivity contribution in [2.24, 2.45) is 5.92 Å². The van der Waals surface area contributed by atoms with Crippen LogP contribution in [-0.4, -0.2) is 32.2 Å². The van der Waals surface area contributed by atoms with Crippen LogP contribution in [0, 0.1) is 5.92 Å². The number of aliphatic hydroxyl groups excluding tert-OH is 1. The maximum absolute atomic E-state index is 11.5. The summed E-state index contributed by atoms with van der Waals surface area (Å²) in [5, 5.41) is 9.70. The van der Waals surface area contributed by atoms with Gasteiger partial charge in [-0.3, -0.25) is 0 Å². The Morgan fingerprint density at radius 2 is 1.81 bits per heavy atom.